The lowest BCUT2D eigenvalue weighted by Crippen LogP contribution is -2.46. The quantitative estimate of drug-likeness (QED) is 0.548. The molecule has 0 bridgehead atoms. The summed E-state index contributed by atoms with van der Waals surface area (Å²) in [5, 5.41) is 4.95. The first-order valence-electron chi connectivity index (χ1n) is 4.55. The average Bonchev–Trinajstić information content (AvgIpc) is 2.65. The number of nitrogens with one attached hydrogen (secondary N) is 3. The van der Waals surface area contributed by atoms with Crippen molar-refractivity contribution in [1.82, 2.24) is 15.6 Å². The van der Waals surface area contributed by atoms with Crippen molar-refractivity contribution in [2.24, 2.45) is 5.73 Å². The molecule has 0 aliphatic carbocycles. The van der Waals surface area contributed by atoms with Crippen molar-refractivity contribution in [3.05, 3.63) is 24.0 Å². The van der Waals surface area contributed by atoms with Gasteiger partial charge in [-0.2, -0.15) is 0 Å². The number of urea groups is 1. The number of hydrogen-bond donors (Lipinski definition) is 4. The molecule has 1 unspecified atom stereocenters. The molecular formula is C9H14N4O2. The second-order valence-electron chi connectivity index (χ2n) is 3.17. The van der Waals surface area contributed by atoms with Crippen LogP contribution in [0.25, 0.3) is 0 Å². The van der Waals surface area contributed by atoms with Gasteiger partial charge >= 0.3 is 6.03 Å². The van der Waals surface area contributed by atoms with Crippen molar-refractivity contribution in [3.8, 4) is 0 Å². The molecule has 0 aromatic carbocycles. The largest absolute Gasteiger partial charge is 0.367 e. The van der Waals surface area contributed by atoms with E-state index in [9.17, 15) is 9.59 Å². The van der Waals surface area contributed by atoms with Crippen molar-refractivity contribution < 1.29 is 9.59 Å². The van der Waals surface area contributed by atoms with E-state index < -0.39 is 12.1 Å². The minimum atomic E-state index is -0.709. The van der Waals surface area contributed by atoms with Gasteiger partial charge in [0.25, 0.3) is 0 Å². The Kier molecular flexibility index (Phi) is 3.73. The summed E-state index contributed by atoms with van der Waals surface area (Å²) < 4.78 is 0. The van der Waals surface area contributed by atoms with Crippen LogP contribution in [0.1, 0.15) is 12.5 Å². The molecule has 1 heterocycles. The molecule has 0 saturated carbocycles. The van der Waals surface area contributed by atoms with Gasteiger partial charge in [-0.3, -0.25) is 4.79 Å². The molecule has 3 amide bonds. The molecule has 1 aromatic rings. The van der Waals surface area contributed by atoms with Gasteiger partial charge in [-0.05, 0) is 18.6 Å². The van der Waals surface area contributed by atoms with Crippen LogP contribution in [0.3, 0.4) is 0 Å². The van der Waals surface area contributed by atoms with Gasteiger partial charge in [0.05, 0.1) is 0 Å². The lowest BCUT2D eigenvalue weighted by molar-refractivity contribution is -0.122. The highest BCUT2D eigenvalue weighted by atomic mass is 16.2. The van der Waals surface area contributed by atoms with Gasteiger partial charge in [0.15, 0.2) is 0 Å². The zero-order chi connectivity index (χ0) is 11.3. The molecule has 6 heteroatoms. The number of H-pyrrole nitrogens is 1. The summed E-state index contributed by atoms with van der Waals surface area (Å²) >= 11 is 0. The molecule has 1 atom stereocenters. The van der Waals surface area contributed by atoms with Crippen molar-refractivity contribution in [1.29, 1.82) is 0 Å². The van der Waals surface area contributed by atoms with E-state index in [1.54, 1.807) is 19.3 Å². The van der Waals surface area contributed by atoms with Crippen LogP contribution in [0.5, 0.6) is 0 Å². The summed E-state index contributed by atoms with van der Waals surface area (Å²) in [5.74, 6) is -0.269. The van der Waals surface area contributed by atoms with Gasteiger partial charge in [0.2, 0.25) is 5.91 Å². The van der Waals surface area contributed by atoms with Gasteiger partial charge in [0.1, 0.15) is 6.04 Å². The number of carbonyl (C=O) groups is 2. The molecule has 5 N–H and O–H groups in total. The van der Waals surface area contributed by atoms with E-state index in [4.69, 9.17) is 5.73 Å². The predicted octanol–water partition coefficient (Wildman–Crippen LogP) is -0.312. The van der Waals surface area contributed by atoms with Crippen LogP contribution >= 0.6 is 0 Å². The third-order valence-electron chi connectivity index (χ3n) is 1.88. The molecule has 1 rings (SSSR count). The first kappa shape index (κ1) is 11.1. The summed E-state index contributed by atoms with van der Waals surface area (Å²) in [4.78, 5) is 24.7. The van der Waals surface area contributed by atoms with Crippen molar-refractivity contribution in [2.75, 3.05) is 0 Å². The fourth-order valence-corrected chi connectivity index (χ4v) is 1.09. The van der Waals surface area contributed by atoms with Crippen LogP contribution in [0, 0.1) is 0 Å². The maximum Gasteiger partial charge on any atom is 0.312 e. The third kappa shape index (κ3) is 3.72. The minimum absolute atomic E-state index is 0.269. The predicted molar refractivity (Wildman–Crippen MR) is 54.8 cm³/mol. The number of primary amides is 1. The SMILES string of the molecule is CC(NC(N)=O)C(=O)NCc1cc[nH]c1. The monoisotopic (exact) mass is 210 g/mol. The van der Waals surface area contributed by atoms with Crippen LogP contribution in [0.15, 0.2) is 18.5 Å². The minimum Gasteiger partial charge on any atom is -0.367 e. The Hall–Kier alpha value is -1.98. The van der Waals surface area contributed by atoms with Crippen LogP contribution in [0.2, 0.25) is 0 Å². The van der Waals surface area contributed by atoms with E-state index in [1.165, 1.54) is 0 Å². The van der Waals surface area contributed by atoms with E-state index in [-0.39, 0.29) is 5.91 Å². The van der Waals surface area contributed by atoms with Gasteiger partial charge < -0.3 is 21.4 Å². The molecule has 0 fully saturated rings. The topological polar surface area (TPSA) is 100 Å². The first-order valence-corrected chi connectivity index (χ1v) is 4.55. The smallest absolute Gasteiger partial charge is 0.312 e. The molecule has 1 aromatic heterocycles. The van der Waals surface area contributed by atoms with Gasteiger partial charge in [-0.1, -0.05) is 0 Å². The van der Waals surface area contributed by atoms with E-state index in [1.807, 2.05) is 6.07 Å². The van der Waals surface area contributed by atoms with Crippen molar-refractivity contribution >= 4 is 11.9 Å². The second-order valence-corrected chi connectivity index (χ2v) is 3.17. The highest BCUT2D eigenvalue weighted by molar-refractivity contribution is 5.86. The van der Waals surface area contributed by atoms with Crippen LogP contribution in [0.4, 0.5) is 4.79 Å². The number of aromatic amines is 1. The summed E-state index contributed by atoms with van der Waals surface area (Å²) in [6.45, 7) is 1.99. The Morgan fingerprint density at radius 1 is 1.60 bits per heavy atom. The number of rotatable bonds is 4. The Morgan fingerprint density at radius 3 is 2.87 bits per heavy atom. The van der Waals surface area contributed by atoms with Gasteiger partial charge in [-0.25, -0.2) is 4.79 Å². The maximum atomic E-state index is 11.4. The fourth-order valence-electron chi connectivity index (χ4n) is 1.09. The third-order valence-corrected chi connectivity index (χ3v) is 1.88. The lowest BCUT2D eigenvalue weighted by Gasteiger charge is -2.11. The standard InChI is InChI=1S/C9H14N4O2/c1-6(13-9(10)15)8(14)12-5-7-2-3-11-4-7/h2-4,6,11H,5H2,1H3,(H,12,14)(H3,10,13,15). The molecular weight excluding hydrogens is 196 g/mol. The Bertz CT molecular complexity index is 334. The average molecular weight is 210 g/mol. The number of nitrogens with two attached hydrogens (primary N) is 1. The van der Waals surface area contributed by atoms with E-state index in [2.05, 4.69) is 15.6 Å². The zero-order valence-electron chi connectivity index (χ0n) is 8.41. The van der Waals surface area contributed by atoms with Crippen LogP contribution in [-0.4, -0.2) is 23.0 Å². The second kappa shape index (κ2) is 5.04. The molecule has 0 spiro atoms. The first-order chi connectivity index (χ1) is 7.09. The summed E-state index contributed by atoms with van der Waals surface area (Å²) in [6.07, 6.45) is 3.55. The van der Waals surface area contributed by atoms with Crippen molar-refractivity contribution in [3.63, 3.8) is 0 Å². The molecule has 6 nitrogen and oxygen atoms in total. The Labute approximate surface area is 87.2 Å². The highest BCUT2D eigenvalue weighted by Crippen LogP contribution is 1.95. The zero-order valence-corrected chi connectivity index (χ0v) is 8.41. The fraction of sp³-hybridized carbons (Fsp3) is 0.333. The molecule has 15 heavy (non-hydrogen) atoms. The molecule has 0 aliphatic rings. The Balaban J connectivity index is 2.32. The van der Waals surface area contributed by atoms with E-state index >= 15 is 0 Å². The molecule has 0 aliphatic heterocycles. The van der Waals surface area contributed by atoms with E-state index in [0.29, 0.717) is 6.54 Å². The highest BCUT2D eigenvalue weighted by Gasteiger charge is 2.12. The van der Waals surface area contributed by atoms with Crippen LogP contribution < -0.4 is 16.4 Å². The number of aromatic nitrogens is 1. The van der Waals surface area contributed by atoms with Crippen LogP contribution in [-0.2, 0) is 11.3 Å². The molecule has 82 valence electrons. The summed E-state index contributed by atoms with van der Waals surface area (Å²) in [5.41, 5.74) is 5.85. The van der Waals surface area contributed by atoms with E-state index in [0.717, 1.165) is 5.56 Å². The number of carbonyl (C=O) groups excluding carboxylic acids is 2. The maximum absolute atomic E-state index is 11.4. The summed E-state index contributed by atoms with van der Waals surface area (Å²) in [6, 6.07) is 0.521. The summed E-state index contributed by atoms with van der Waals surface area (Å²) in [7, 11) is 0. The Morgan fingerprint density at radius 2 is 2.33 bits per heavy atom. The van der Waals surface area contributed by atoms with Gasteiger partial charge in [-0.15, -0.1) is 0 Å². The number of hydrogen-bond acceptors (Lipinski definition) is 2. The lowest BCUT2D eigenvalue weighted by atomic mass is 10.3. The normalized spacial score (nSPS) is 11.8. The molecule has 0 radical (unpaired) electrons. The van der Waals surface area contributed by atoms with Gasteiger partial charge in [0, 0.05) is 18.9 Å². The molecule has 0 saturated heterocycles. The number of amides is 3. The van der Waals surface area contributed by atoms with Crippen molar-refractivity contribution in [2.45, 2.75) is 19.5 Å².